The second kappa shape index (κ2) is 29.1. The summed E-state index contributed by atoms with van der Waals surface area (Å²) in [5.41, 5.74) is -0.525. The lowest BCUT2D eigenvalue weighted by Crippen LogP contribution is -2.60. The number of ether oxygens (including phenoxy) is 6. The van der Waals surface area contributed by atoms with Gasteiger partial charge in [-0.05, 0) is 141 Å². The number of hydrogen-bond donors (Lipinski definition) is 1. The van der Waals surface area contributed by atoms with Crippen LogP contribution in [-0.2, 0) is 63.8 Å². The molecule has 0 aromatic heterocycles. The fraction of sp³-hybridized carbons (Fsp3) is 0.540. The van der Waals surface area contributed by atoms with E-state index in [1.54, 1.807) is 74.6 Å². The molecule has 2 fully saturated rings. The summed E-state index contributed by atoms with van der Waals surface area (Å²) >= 11 is 0. The van der Waals surface area contributed by atoms with Crippen molar-refractivity contribution in [2.45, 2.75) is 148 Å². The first-order valence-corrected chi connectivity index (χ1v) is 28.7. The van der Waals surface area contributed by atoms with Gasteiger partial charge in [-0.25, -0.2) is 9.59 Å². The van der Waals surface area contributed by atoms with Crippen LogP contribution in [0.2, 0.25) is 0 Å². The van der Waals surface area contributed by atoms with E-state index in [1.165, 1.54) is 85.7 Å². The van der Waals surface area contributed by atoms with Gasteiger partial charge >= 0.3 is 11.9 Å². The molecule has 3 aromatic carbocycles. The molecule has 0 saturated carbocycles. The van der Waals surface area contributed by atoms with Gasteiger partial charge in [0, 0.05) is 46.9 Å². The van der Waals surface area contributed by atoms with E-state index in [0.717, 1.165) is 5.56 Å². The molecule has 0 spiro atoms. The zero-order chi connectivity index (χ0) is 61.6. The van der Waals surface area contributed by atoms with Crippen molar-refractivity contribution in [1.29, 1.82) is 0 Å². The van der Waals surface area contributed by atoms with Gasteiger partial charge in [0.2, 0.25) is 29.4 Å². The van der Waals surface area contributed by atoms with Gasteiger partial charge in [0.05, 0.1) is 31.3 Å². The number of rotatable bonds is 8. The molecule has 2 unspecified atom stereocenters. The van der Waals surface area contributed by atoms with Crippen molar-refractivity contribution in [3.8, 4) is 17.2 Å². The van der Waals surface area contributed by atoms with Gasteiger partial charge in [-0.15, -0.1) is 0 Å². The summed E-state index contributed by atoms with van der Waals surface area (Å²) in [6.07, 6.45) is 3.87. The average Bonchev–Trinajstić information content (AvgIpc) is 4.17. The molecule has 21 heteroatoms. The molecule has 456 valence electrons. The van der Waals surface area contributed by atoms with Crippen LogP contribution in [-0.4, -0.2) is 182 Å². The molecular formula is C63H84N6O15. The van der Waals surface area contributed by atoms with Gasteiger partial charge < -0.3 is 58.2 Å². The molecule has 3 aliphatic heterocycles. The summed E-state index contributed by atoms with van der Waals surface area (Å²) in [5, 5.41) is 2.85. The van der Waals surface area contributed by atoms with E-state index in [1.807, 2.05) is 32.9 Å². The summed E-state index contributed by atoms with van der Waals surface area (Å²) in [6, 6.07) is 14.9. The molecule has 0 aliphatic carbocycles. The minimum absolute atomic E-state index is 0.104. The van der Waals surface area contributed by atoms with Gasteiger partial charge in [-0.1, -0.05) is 54.6 Å². The van der Waals surface area contributed by atoms with E-state index in [0.29, 0.717) is 54.7 Å². The maximum Gasteiger partial charge on any atom is 0.330 e. The van der Waals surface area contributed by atoms with Crippen molar-refractivity contribution in [1.82, 2.24) is 29.8 Å². The number of Topliss-reactive ketones (excluding diaryl/α,β-unsaturated/α-hetero) is 1. The van der Waals surface area contributed by atoms with Crippen LogP contribution in [0, 0.1) is 5.41 Å². The van der Waals surface area contributed by atoms with Crippen LogP contribution < -0.4 is 19.5 Å². The molecule has 6 rings (SSSR count). The third kappa shape index (κ3) is 16.7. The van der Waals surface area contributed by atoms with Crippen molar-refractivity contribution < 1.29 is 71.6 Å². The topological polar surface area (TPSA) is 237 Å². The van der Waals surface area contributed by atoms with E-state index >= 15 is 9.59 Å². The number of ketones is 1. The number of piperidine rings is 1. The summed E-state index contributed by atoms with van der Waals surface area (Å²) in [6.45, 7) is 11.1. The number of nitrogens with one attached hydrogen (secondary N) is 1. The fourth-order valence-corrected chi connectivity index (χ4v) is 10.6. The number of nitrogens with zero attached hydrogens (tertiary/aromatic N) is 5. The first-order chi connectivity index (χ1) is 39.8. The van der Waals surface area contributed by atoms with E-state index in [9.17, 15) is 33.6 Å². The van der Waals surface area contributed by atoms with Crippen LogP contribution in [0.15, 0.2) is 84.9 Å². The Bertz CT molecular complexity index is 2890. The number of hydrogen-bond acceptors (Lipinski definition) is 15. The van der Waals surface area contributed by atoms with Gasteiger partial charge in [-0.3, -0.25) is 33.6 Å². The highest BCUT2D eigenvalue weighted by Crippen LogP contribution is 2.34. The number of carbonyl (C=O) groups excluding carboxylic acids is 9. The normalized spacial score (nSPS) is 24.0. The van der Waals surface area contributed by atoms with Gasteiger partial charge in [-0.2, -0.15) is 0 Å². The van der Waals surface area contributed by atoms with Crippen molar-refractivity contribution >= 4 is 53.2 Å². The molecule has 0 radical (unpaired) electrons. The Morgan fingerprint density at radius 2 is 1.40 bits per heavy atom. The zero-order valence-corrected chi connectivity index (χ0v) is 50.7. The second-order valence-electron chi connectivity index (χ2n) is 23.3. The van der Waals surface area contributed by atoms with E-state index in [2.05, 4.69) is 5.32 Å². The van der Waals surface area contributed by atoms with Crippen molar-refractivity contribution in [2.75, 3.05) is 68.2 Å². The van der Waals surface area contributed by atoms with Crippen LogP contribution in [0.4, 0.5) is 0 Å². The Morgan fingerprint density at radius 3 is 2.10 bits per heavy atom. The highest BCUT2D eigenvalue weighted by molar-refractivity contribution is 6.38. The third-order valence-electron chi connectivity index (χ3n) is 15.5. The number of likely N-dealkylation sites (N-methyl/N-ethyl adjacent to an activating group) is 3. The summed E-state index contributed by atoms with van der Waals surface area (Å²) in [7, 11) is 7.53. The SMILES string of the molecule is COc1ccc(CC[C@H]2OC(=O)[C@@H]3CCCCN3C(=O)C(=O)C(C)(C)COC(=O)C=CCCN(C)C(=O)[C@@H]3CCCN3C(=O)[C@H](C(C)OC(C)(C)C)N(C)C(=O)C(c3ccccc3)NC(=O)[C@H](C)N(C)C(=O)COc3cccc2c3)cc1OC. The second-order valence-corrected chi connectivity index (χ2v) is 23.3. The number of fused-ring (bicyclic) bond motifs is 4. The van der Waals surface area contributed by atoms with Gasteiger partial charge in [0.1, 0.15) is 48.7 Å². The molecular weight excluding hydrogens is 1080 g/mol. The number of amides is 6. The summed E-state index contributed by atoms with van der Waals surface area (Å²) in [5.74, 6) is -4.86. The minimum atomic E-state index is -1.49. The van der Waals surface area contributed by atoms with Crippen LogP contribution in [0.25, 0.3) is 0 Å². The van der Waals surface area contributed by atoms with Crippen LogP contribution >= 0.6 is 0 Å². The predicted octanol–water partition coefficient (Wildman–Crippen LogP) is 5.96. The quantitative estimate of drug-likeness (QED) is 0.202. The van der Waals surface area contributed by atoms with E-state index in [4.69, 9.17) is 28.4 Å². The number of esters is 2. The largest absolute Gasteiger partial charge is 0.493 e. The molecule has 1 N–H and O–H groups in total. The Kier molecular flexibility index (Phi) is 22.7. The molecule has 21 nitrogen and oxygen atoms in total. The molecule has 3 heterocycles. The molecule has 84 heavy (non-hydrogen) atoms. The fourth-order valence-electron chi connectivity index (χ4n) is 10.6. The van der Waals surface area contributed by atoms with Crippen LogP contribution in [0.1, 0.15) is 122 Å². The molecule has 2 saturated heterocycles. The van der Waals surface area contributed by atoms with E-state index < -0.39 is 114 Å². The lowest BCUT2D eigenvalue weighted by Gasteiger charge is -2.40. The first kappa shape index (κ1) is 65.3. The Hall–Kier alpha value is -7.81. The molecule has 3 aromatic rings. The lowest BCUT2D eigenvalue weighted by molar-refractivity contribution is -0.165. The zero-order valence-electron chi connectivity index (χ0n) is 50.7. The van der Waals surface area contributed by atoms with Crippen molar-refractivity contribution in [3.63, 3.8) is 0 Å². The van der Waals surface area contributed by atoms with Crippen LogP contribution in [0.5, 0.6) is 17.2 Å². The summed E-state index contributed by atoms with van der Waals surface area (Å²) in [4.78, 5) is 135. The van der Waals surface area contributed by atoms with Crippen molar-refractivity contribution in [2.24, 2.45) is 5.41 Å². The van der Waals surface area contributed by atoms with E-state index in [-0.39, 0.29) is 50.6 Å². The number of carbonyl (C=O) groups is 9. The average molecular weight is 1170 g/mol. The Morgan fingerprint density at radius 1 is 0.726 bits per heavy atom. The molecule has 7 atom stereocenters. The predicted molar refractivity (Wildman–Crippen MR) is 310 cm³/mol. The number of benzene rings is 3. The minimum Gasteiger partial charge on any atom is -0.493 e. The Labute approximate surface area is 493 Å². The van der Waals surface area contributed by atoms with Gasteiger partial charge in [0.25, 0.3) is 11.8 Å². The smallest absolute Gasteiger partial charge is 0.330 e. The first-order valence-electron chi connectivity index (χ1n) is 28.7. The maximum absolute atomic E-state index is 15.0. The highest BCUT2D eigenvalue weighted by Gasteiger charge is 2.46. The molecule has 2 bridgehead atoms. The standard InChI is InChI=1S/C63H84N6O15/c1-40-56(73)64-53(43-22-14-13-15-23-43)58(75)67(10)54(41(2)84-62(3,4)5)59(76)68-35-21-27-46(68)57(74)65(8)33-18-17-28-52(71)82-39-63(6,7)55(72)60(77)69-34-19-16-26-47(69)61(78)83-48(31-29-42-30-32-49(79-11)50(36-42)80-12)44-24-20-25-45(37-44)81-38-51(70)66(40)9/h13-15,17,20,22-25,28,30,32,36-37,40-41,46-48,53-54H,16,18-19,21,26-27,29,31,33-35,38-39H2,1-12H3,(H,64,73)/t40-,41?,46-,47-,48+,53?,54-/m0/s1. The highest BCUT2D eigenvalue weighted by atomic mass is 16.5. The third-order valence-corrected chi connectivity index (χ3v) is 15.5. The Balaban J connectivity index is 1.33. The summed E-state index contributed by atoms with van der Waals surface area (Å²) < 4.78 is 35.2. The molecule has 3 aliphatic rings. The number of methoxy groups -OCH3 is 2. The number of cyclic esters (lactones) is 2. The van der Waals surface area contributed by atoms with Crippen molar-refractivity contribution in [3.05, 3.63) is 102 Å². The van der Waals surface area contributed by atoms with Crippen LogP contribution in [0.3, 0.4) is 0 Å². The lowest BCUT2D eigenvalue weighted by atomic mass is 9.87. The monoisotopic (exact) mass is 1160 g/mol. The number of aryl methyl sites for hydroxylation is 1. The van der Waals surface area contributed by atoms with Gasteiger partial charge in [0.15, 0.2) is 18.1 Å². The molecule has 6 amide bonds. The maximum atomic E-state index is 15.0.